The average molecular weight is 141 g/mol. The lowest BCUT2D eigenvalue weighted by Crippen LogP contribution is -2.07. The Bertz CT molecular complexity index is 197. The van der Waals surface area contributed by atoms with Gasteiger partial charge in [0.15, 0.2) is 0 Å². The van der Waals surface area contributed by atoms with Gasteiger partial charge in [-0.05, 0) is 0 Å². The van der Waals surface area contributed by atoms with Crippen molar-refractivity contribution < 1.29 is 5.11 Å². The topological polar surface area (TPSA) is 64.1 Å². The van der Waals surface area contributed by atoms with Gasteiger partial charge in [-0.3, -0.25) is 0 Å². The first kappa shape index (κ1) is 7.24. The van der Waals surface area contributed by atoms with Crippen molar-refractivity contribution in [3.8, 4) is 0 Å². The summed E-state index contributed by atoms with van der Waals surface area (Å²) in [6.07, 6.45) is 3.45. The first-order valence-corrected chi connectivity index (χ1v) is 3.18. The molecule has 0 amide bonds. The number of imidazole rings is 1. The van der Waals surface area contributed by atoms with Crippen molar-refractivity contribution >= 4 is 0 Å². The molecule has 0 atom stereocenters. The lowest BCUT2D eigenvalue weighted by molar-refractivity contribution is 0.277. The predicted octanol–water partition coefficient (Wildman–Crippen LogP) is -0.666. The molecule has 3 N–H and O–H groups in total. The predicted molar refractivity (Wildman–Crippen MR) is 37.2 cm³/mol. The molecule has 4 heteroatoms. The van der Waals surface area contributed by atoms with E-state index in [0.29, 0.717) is 12.2 Å². The van der Waals surface area contributed by atoms with E-state index in [0.717, 1.165) is 6.54 Å². The summed E-state index contributed by atoms with van der Waals surface area (Å²) in [4.78, 5) is 3.91. The molecule has 0 radical (unpaired) electrons. The quantitative estimate of drug-likeness (QED) is 0.587. The second-order valence-corrected chi connectivity index (χ2v) is 2.05. The van der Waals surface area contributed by atoms with Gasteiger partial charge in [0.2, 0.25) is 0 Å². The Kier molecular flexibility index (Phi) is 2.42. The van der Waals surface area contributed by atoms with Gasteiger partial charge in [0.1, 0.15) is 0 Å². The molecule has 0 aliphatic heterocycles. The number of nitrogens with two attached hydrogens (primary N) is 1. The van der Waals surface area contributed by atoms with E-state index in [2.05, 4.69) is 4.98 Å². The number of aliphatic hydroxyl groups is 1. The van der Waals surface area contributed by atoms with Crippen molar-refractivity contribution in [2.75, 3.05) is 6.54 Å². The first-order chi connectivity index (χ1) is 4.86. The fourth-order valence-electron chi connectivity index (χ4n) is 0.759. The van der Waals surface area contributed by atoms with E-state index in [9.17, 15) is 0 Å². The summed E-state index contributed by atoms with van der Waals surface area (Å²) in [5.74, 6) is 0. The van der Waals surface area contributed by atoms with Crippen molar-refractivity contribution in [2.45, 2.75) is 13.2 Å². The van der Waals surface area contributed by atoms with Gasteiger partial charge in [-0.15, -0.1) is 0 Å². The zero-order chi connectivity index (χ0) is 7.40. The summed E-state index contributed by atoms with van der Waals surface area (Å²) in [5.41, 5.74) is 5.99. The van der Waals surface area contributed by atoms with Crippen LogP contribution in [0.4, 0.5) is 0 Å². The van der Waals surface area contributed by atoms with Crippen LogP contribution in [0.15, 0.2) is 12.5 Å². The van der Waals surface area contributed by atoms with Crippen LogP contribution in [0.5, 0.6) is 0 Å². The van der Waals surface area contributed by atoms with Gasteiger partial charge in [0, 0.05) is 19.3 Å². The van der Waals surface area contributed by atoms with Crippen LogP contribution in [0, 0.1) is 0 Å². The Hall–Kier alpha value is -0.870. The summed E-state index contributed by atoms with van der Waals surface area (Å²) in [5, 5.41) is 8.61. The highest BCUT2D eigenvalue weighted by molar-refractivity contribution is 4.93. The van der Waals surface area contributed by atoms with Crippen LogP contribution in [0.25, 0.3) is 0 Å². The molecule has 10 heavy (non-hydrogen) atoms. The van der Waals surface area contributed by atoms with Crippen LogP contribution in [0.2, 0.25) is 0 Å². The Morgan fingerprint density at radius 2 is 2.50 bits per heavy atom. The van der Waals surface area contributed by atoms with Crippen LogP contribution in [0.3, 0.4) is 0 Å². The van der Waals surface area contributed by atoms with Gasteiger partial charge in [0.05, 0.1) is 18.6 Å². The molecule has 56 valence electrons. The maximum absolute atomic E-state index is 8.61. The lowest BCUT2D eigenvalue weighted by atomic mass is 10.5. The van der Waals surface area contributed by atoms with Gasteiger partial charge < -0.3 is 15.4 Å². The van der Waals surface area contributed by atoms with Gasteiger partial charge >= 0.3 is 0 Å². The molecule has 0 saturated carbocycles. The van der Waals surface area contributed by atoms with E-state index in [1.54, 1.807) is 12.5 Å². The van der Waals surface area contributed by atoms with E-state index in [-0.39, 0.29) is 6.61 Å². The minimum Gasteiger partial charge on any atom is -0.390 e. The fourth-order valence-corrected chi connectivity index (χ4v) is 0.759. The molecule has 1 heterocycles. The van der Waals surface area contributed by atoms with E-state index < -0.39 is 0 Å². The third-order valence-electron chi connectivity index (χ3n) is 1.24. The SMILES string of the molecule is NCCn1cnc(CO)c1. The number of rotatable bonds is 3. The van der Waals surface area contributed by atoms with Crippen molar-refractivity contribution in [3.63, 3.8) is 0 Å². The van der Waals surface area contributed by atoms with E-state index >= 15 is 0 Å². The molecule has 0 aromatic carbocycles. The Balaban J connectivity index is 2.59. The third kappa shape index (κ3) is 1.55. The standard InChI is InChI=1S/C6H11N3O/c7-1-2-9-3-6(4-10)8-5-9/h3,5,10H,1-2,4,7H2. The van der Waals surface area contributed by atoms with E-state index in [4.69, 9.17) is 10.8 Å². The maximum atomic E-state index is 8.61. The second kappa shape index (κ2) is 3.34. The summed E-state index contributed by atoms with van der Waals surface area (Å²) in [6.45, 7) is 1.35. The molecule has 1 aromatic heterocycles. The van der Waals surface area contributed by atoms with Gasteiger partial charge in [-0.1, -0.05) is 0 Å². The number of aromatic nitrogens is 2. The smallest absolute Gasteiger partial charge is 0.0950 e. The summed E-state index contributed by atoms with van der Waals surface area (Å²) in [7, 11) is 0. The molecule has 0 spiro atoms. The van der Waals surface area contributed by atoms with Crippen molar-refractivity contribution in [1.82, 2.24) is 9.55 Å². The van der Waals surface area contributed by atoms with Gasteiger partial charge in [-0.25, -0.2) is 4.98 Å². The van der Waals surface area contributed by atoms with Crippen LogP contribution >= 0.6 is 0 Å². The van der Waals surface area contributed by atoms with Crippen molar-refractivity contribution in [2.24, 2.45) is 5.73 Å². The number of hydrogen-bond donors (Lipinski definition) is 2. The molecule has 1 rings (SSSR count). The summed E-state index contributed by atoms with van der Waals surface area (Å²) >= 11 is 0. The molecule has 0 bridgehead atoms. The third-order valence-corrected chi connectivity index (χ3v) is 1.24. The normalized spacial score (nSPS) is 10.2. The average Bonchev–Trinajstić information content (AvgIpc) is 2.37. The second-order valence-electron chi connectivity index (χ2n) is 2.05. The molecule has 4 nitrogen and oxygen atoms in total. The molecular formula is C6H11N3O. The highest BCUT2D eigenvalue weighted by Crippen LogP contribution is 1.93. The number of aliphatic hydroxyl groups excluding tert-OH is 1. The van der Waals surface area contributed by atoms with E-state index in [1.807, 2.05) is 4.57 Å². The fraction of sp³-hybridized carbons (Fsp3) is 0.500. The molecule has 0 saturated heterocycles. The summed E-state index contributed by atoms with van der Waals surface area (Å²) < 4.78 is 1.85. The molecule has 0 aliphatic carbocycles. The van der Waals surface area contributed by atoms with Crippen molar-refractivity contribution in [1.29, 1.82) is 0 Å². The molecule has 0 unspecified atom stereocenters. The Labute approximate surface area is 59.3 Å². The first-order valence-electron chi connectivity index (χ1n) is 3.18. The molecular weight excluding hydrogens is 130 g/mol. The van der Waals surface area contributed by atoms with Crippen LogP contribution in [0.1, 0.15) is 5.69 Å². The zero-order valence-electron chi connectivity index (χ0n) is 5.70. The monoisotopic (exact) mass is 141 g/mol. The van der Waals surface area contributed by atoms with Crippen LogP contribution in [-0.4, -0.2) is 21.2 Å². The van der Waals surface area contributed by atoms with Crippen molar-refractivity contribution in [3.05, 3.63) is 18.2 Å². The molecule has 0 aliphatic rings. The zero-order valence-corrected chi connectivity index (χ0v) is 5.70. The molecule has 0 fully saturated rings. The number of nitrogens with zero attached hydrogens (tertiary/aromatic N) is 2. The number of hydrogen-bond acceptors (Lipinski definition) is 3. The largest absolute Gasteiger partial charge is 0.390 e. The maximum Gasteiger partial charge on any atom is 0.0950 e. The van der Waals surface area contributed by atoms with Gasteiger partial charge in [-0.2, -0.15) is 0 Å². The van der Waals surface area contributed by atoms with Gasteiger partial charge in [0.25, 0.3) is 0 Å². The Morgan fingerprint density at radius 3 is 3.00 bits per heavy atom. The van der Waals surface area contributed by atoms with E-state index in [1.165, 1.54) is 0 Å². The minimum atomic E-state index is -0.00241. The van der Waals surface area contributed by atoms with Crippen LogP contribution in [-0.2, 0) is 13.2 Å². The Morgan fingerprint density at radius 1 is 1.70 bits per heavy atom. The highest BCUT2D eigenvalue weighted by atomic mass is 16.3. The highest BCUT2D eigenvalue weighted by Gasteiger charge is 1.93. The minimum absolute atomic E-state index is 0.00241. The summed E-state index contributed by atoms with van der Waals surface area (Å²) in [6, 6.07) is 0. The molecule has 1 aromatic rings. The lowest BCUT2D eigenvalue weighted by Gasteiger charge is -1.94. The van der Waals surface area contributed by atoms with Crippen LogP contribution < -0.4 is 5.73 Å².